The number of pyridine rings is 1. The van der Waals surface area contributed by atoms with Crippen molar-refractivity contribution in [1.82, 2.24) is 15.0 Å². The number of amides is 1. The molecule has 0 bridgehead atoms. The van der Waals surface area contributed by atoms with Crippen LogP contribution < -0.4 is 10.6 Å². The highest BCUT2D eigenvalue weighted by atomic mass is 16.5. The molecule has 154 valence electrons. The molecule has 1 atom stereocenters. The van der Waals surface area contributed by atoms with Crippen molar-refractivity contribution in [3.63, 3.8) is 0 Å². The van der Waals surface area contributed by atoms with Gasteiger partial charge in [0.25, 0.3) is 5.91 Å². The Bertz CT molecular complexity index is 1000. The van der Waals surface area contributed by atoms with Crippen molar-refractivity contribution in [2.24, 2.45) is 0 Å². The number of nitrogens with one attached hydrogen (secondary N) is 2. The molecule has 1 saturated heterocycles. The van der Waals surface area contributed by atoms with Crippen LogP contribution in [0.1, 0.15) is 31.0 Å². The second-order valence-electron chi connectivity index (χ2n) is 7.18. The molecule has 3 aromatic rings. The van der Waals surface area contributed by atoms with Crippen molar-refractivity contribution >= 4 is 17.4 Å². The number of nitrogens with zero attached hydrogens (tertiary/aromatic N) is 3. The number of aryl methyl sites for hydroxylation is 1. The molecule has 7 heteroatoms. The molecule has 0 saturated carbocycles. The molecule has 0 aliphatic carbocycles. The molecule has 1 unspecified atom stereocenters. The van der Waals surface area contributed by atoms with Gasteiger partial charge in [-0.25, -0.2) is 9.97 Å². The highest BCUT2D eigenvalue weighted by Crippen LogP contribution is 2.19. The number of hydrogen-bond donors (Lipinski definition) is 2. The Kier molecular flexibility index (Phi) is 6.29. The molecular weight excluding hydrogens is 378 g/mol. The predicted octanol–water partition coefficient (Wildman–Crippen LogP) is 3.83. The Hall–Kier alpha value is -3.32. The molecule has 0 spiro atoms. The number of aromatic nitrogens is 3. The minimum absolute atomic E-state index is 0.0824. The summed E-state index contributed by atoms with van der Waals surface area (Å²) in [5.74, 6) is 1.27. The third-order valence-corrected chi connectivity index (χ3v) is 4.93. The SMILES string of the molecule is CCc1cc(NCc2cccc(NC(=O)C3CCCO3)c2)nc(-c2ccccn2)n1. The molecular formula is C23H25N5O2. The molecule has 1 aromatic carbocycles. The van der Waals surface area contributed by atoms with E-state index < -0.39 is 0 Å². The first-order chi connectivity index (χ1) is 14.7. The van der Waals surface area contributed by atoms with E-state index in [1.54, 1.807) is 6.20 Å². The van der Waals surface area contributed by atoms with E-state index in [4.69, 9.17) is 4.74 Å². The molecule has 4 rings (SSSR count). The fourth-order valence-corrected chi connectivity index (χ4v) is 3.34. The smallest absolute Gasteiger partial charge is 0.253 e. The molecule has 0 radical (unpaired) electrons. The van der Waals surface area contributed by atoms with Crippen LogP contribution in [0.3, 0.4) is 0 Å². The Morgan fingerprint density at radius 1 is 1.17 bits per heavy atom. The molecule has 2 aromatic heterocycles. The van der Waals surface area contributed by atoms with Gasteiger partial charge in [0, 0.05) is 36.8 Å². The minimum Gasteiger partial charge on any atom is -0.368 e. The third kappa shape index (κ3) is 4.99. The summed E-state index contributed by atoms with van der Waals surface area (Å²) in [5, 5.41) is 6.31. The zero-order chi connectivity index (χ0) is 20.8. The van der Waals surface area contributed by atoms with Gasteiger partial charge in [-0.3, -0.25) is 9.78 Å². The fraction of sp³-hybridized carbons (Fsp3) is 0.304. The summed E-state index contributed by atoms with van der Waals surface area (Å²) in [4.78, 5) is 25.8. The van der Waals surface area contributed by atoms with Gasteiger partial charge < -0.3 is 15.4 Å². The standard InChI is InChI=1S/C23H25N5O2/c1-2-17-14-21(28-22(26-17)19-9-3-4-11-24-19)25-15-16-7-5-8-18(13-16)27-23(29)20-10-6-12-30-20/h3-5,7-9,11,13-14,20H,2,6,10,12,15H2,1H3,(H,27,29)(H,25,26,28). The Morgan fingerprint density at radius 3 is 2.87 bits per heavy atom. The van der Waals surface area contributed by atoms with Gasteiger partial charge in [-0.15, -0.1) is 0 Å². The molecule has 30 heavy (non-hydrogen) atoms. The van der Waals surface area contributed by atoms with Gasteiger partial charge in [0.15, 0.2) is 5.82 Å². The van der Waals surface area contributed by atoms with Gasteiger partial charge >= 0.3 is 0 Å². The average molecular weight is 403 g/mol. The summed E-state index contributed by atoms with van der Waals surface area (Å²) in [6, 6.07) is 15.4. The first-order valence-corrected chi connectivity index (χ1v) is 10.3. The van der Waals surface area contributed by atoms with E-state index in [0.717, 1.165) is 47.7 Å². The summed E-state index contributed by atoms with van der Waals surface area (Å²) in [5.41, 5.74) is 3.50. The molecule has 7 nitrogen and oxygen atoms in total. The lowest BCUT2D eigenvalue weighted by molar-refractivity contribution is -0.124. The van der Waals surface area contributed by atoms with Crippen molar-refractivity contribution in [2.75, 3.05) is 17.2 Å². The quantitative estimate of drug-likeness (QED) is 0.623. The first-order valence-electron chi connectivity index (χ1n) is 10.3. The largest absolute Gasteiger partial charge is 0.368 e. The molecule has 2 N–H and O–H groups in total. The van der Waals surface area contributed by atoms with Crippen LogP contribution >= 0.6 is 0 Å². The summed E-state index contributed by atoms with van der Waals surface area (Å²) in [6.07, 6.45) is 3.91. The zero-order valence-corrected chi connectivity index (χ0v) is 17.0. The van der Waals surface area contributed by atoms with Crippen LogP contribution in [0.2, 0.25) is 0 Å². The topological polar surface area (TPSA) is 89.0 Å². The molecule has 1 aliphatic rings. The highest BCUT2D eigenvalue weighted by molar-refractivity contribution is 5.94. The molecule has 1 fully saturated rings. The van der Waals surface area contributed by atoms with E-state index in [0.29, 0.717) is 19.0 Å². The summed E-state index contributed by atoms with van der Waals surface area (Å²) in [6.45, 7) is 3.29. The van der Waals surface area contributed by atoms with Crippen LogP contribution in [0.25, 0.3) is 11.5 Å². The Morgan fingerprint density at radius 2 is 2.10 bits per heavy atom. The second-order valence-corrected chi connectivity index (χ2v) is 7.18. The van der Waals surface area contributed by atoms with Gasteiger partial charge in [0.1, 0.15) is 17.6 Å². The lowest BCUT2D eigenvalue weighted by Crippen LogP contribution is -2.26. The number of anilines is 2. The lowest BCUT2D eigenvalue weighted by Gasteiger charge is -2.12. The number of carbonyl (C=O) groups excluding carboxylic acids is 1. The number of carbonyl (C=O) groups is 1. The first kappa shape index (κ1) is 20.0. The van der Waals surface area contributed by atoms with E-state index in [2.05, 4.69) is 32.5 Å². The Labute approximate surface area is 175 Å². The average Bonchev–Trinajstić information content (AvgIpc) is 3.34. The number of ether oxygens (including phenoxy) is 1. The van der Waals surface area contributed by atoms with Crippen molar-refractivity contribution in [3.8, 4) is 11.5 Å². The number of benzene rings is 1. The van der Waals surface area contributed by atoms with E-state index in [-0.39, 0.29) is 12.0 Å². The van der Waals surface area contributed by atoms with Gasteiger partial charge in [-0.2, -0.15) is 0 Å². The molecule has 1 amide bonds. The van der Waals surface area contributed by atoms with Crippen molar-refractivity contribution in [3.05, 3.63) is 66.0 Å². The number of hydrogen-bond acceptors (Lipinski definition) is 6. The van der Waals surface area contributed by atoms with Crippen molar-refractivity contribution in [1.29, 1.82) is 0 Å². The fourth-order valence-electron chi connectivity index (χ4n) is 3.34. The Balaban J connectivity index is 1.45. The van der Waals surface area contributed by atoms with Crippen molar-refractivity contribution in [2.45, 2.75) is 38.8 Å². The van der Waals surface area contributed by atoms with E-state index in [9.17, 15) is 4.79 Å². The van der Waals surface area contributed by atoms with Crippen LogP contribution in [0.5, 0.6) is 0 Å². The van der Waals surface area contributed by atoms with Crippen molar-refractivity contribution < 1.29 is 9.53 Å². The third-order valence-electron chi connectivity index (χ3n) is 4.93. The summed E-state index contributed by atoms with van der Waals surface area (Å²) >= 11 is 0. The van der Waals surface area contributed by atoms with Crippen LogP contribution in [0.4, 0.5) is 11.5 Å². The van der Waals surface area contributed by atoms with Gasteiger partial charge in [0.05, 0.1) is 0 Å². The molecule has 3 heterocycles. The summed E-state index contributed by atoms with van der Waals surface area (Å²) < 4.78 is 5.45. The maximum atomic E-state index is 12.3. The second kappa shape index (κ2) is 9.45. The predicted molar refractivity (Wildman–Crippen MR) is 116 cm³/mol. The maximum Gasteiger partial charge on any atom is 0.253 e. The zero-order valence-electron chi connectivity index (χ0n) is 17.0. The molecule has 1 aliphatic heterocycles. The van der Waals surface area contributed by atoms with Gasteiger partial charge in [-0.05, 0) is 49.1 Å². The maximum absolute atomic E-state index is 12.3. The highest BCUT2D eigenvalue weighted by Gasteiger charge is 2.23. The van der Waals surface area contributed by atoms with Crippen LogP contribution in [-0.2, 0) is 22.5 Å². The van der Waals surface area contributed by atoms with E-state index in [1.807, 2.05) is 48.5 Å². The van der Waals surface area contributed by atoms with Gasteiger partial charge in [-0.1, -0.05) is 25.1 Å². The van der Waals surface area contributed by atoms with E-state index >= 15 is 0 Å². The van der Waals surface area contributed by atoms with Crippen LogP contribution in [-0.4, -0.2) is 33.6 Å². The number of rotatable bonds is 7. The normalized spacial score (nSPS) is 15.7. The lowest BCUT2D eigenvalue weighted by atomic mass is 10.2. The van der Waals surface area contributed by atoms with Gasteiger partial charge in [0.2, 0.25) is 0 Å². The summed E-state index contributed by atoms with van der Waals surface area (Å²) in [7, 11) is 0. The van der Waals surface area contributed by atoms with Crippen LogP contribution in [0, 0.1) is 0 Å². The van der Waals surface area contributed by atoms with E-state index in [1.165, 1.54) is 0 Å². The van der Waals surface area contributed by atoms with Crippen LogP contribution in [0.15, 0.2) is 54.7 Å². The minimum atomic E-state index is -0.342. The monoisotopic (exact) mass is 403 g/mol.